The third kappa shape index (κ3) is 14.3. The molecule has 0 saturated carbocycles. The van der Waals surface area contributed by atoms with Crippen LogP contribution in [0.2, 0.25) is 0 Å². The monoisotopic (exact) mass is 974 g/mol. The number of hydrogen-bond donors (Lipinski definition) is 3. The second-order valence-corrected chi connectivity index (χ2v) is 17.6. The van der Waals surface area contributed by atoms with E-state index in [1.165, 1.54) is 0 Å². The van der Waals surface area contributed by atoms with Gasteiger partial charge in [0, 0.05) is 39.3 Å². The standard InChI is InChI=1S/C30H24F18N4O6S3/c31-25(32,33)16-7-17(26(34,35)36)11-22(10-16)59(53,54)49-1-4-52(5-2-50-60(55,56)23-12-18(27(37,38)39)8-19(13-23)28(40,41)42)6-3-51-61(57,58)24-14-20(29(43,44)45)9-21(15-24)30(46,47)48/h7-15,49-51H,1-6H2. The average Bonchev–Trinajstić information content (AvgIpc) is 3.08. The van der Waals surface area contributed by atoms with Gasteiger partial charge in [0.25, 0.3) is 0 Å². The molecule has 0 aliphatic rings. The van der Waals surface area contributed by atoms with Gasteiger partial charge in [-0.1, -0.05) is 0 Å². The number of alkyl halides is 18. The lowest BCUT2D eigenvalue weighted by Gasteiger charge is -2.23. The van der Waals surface area contributed by atoms with Crippen LogP contribution in [0.1, 0.15) is 33.4 Å². The summed E-state index contributed by atoms with van der Waals surface area (Å²) in [6.07, 6.45) is -33.0. The molecule has 0 saturated heterocycles. The summed E-state index contributed by atoms with van der Waals surface area (Å²) in [5, 5.41) is 0. The van der Waals surface area contributed by atoms with Crippen LogP contribution in [0.4, 0.5) is 79.0 Å². The Labute approximate surface area is 332 Å². The maximum atomic E-state index is 13.3. The second-order valence-electron chi connectivity index (χ2n) is 12.3. The number of rotatable bonds is 15. The van der Waals surface area contributed by atoms with E-state index in [1.807, 2.05) is 0 Å². The van der Waals surface area contributed by atoms with Gasteiger partial charge in [-0.3, -0.25) is 4.90 Å². The number of hydrogen-bond acceptors (Lipinski definition) is 7. The summed E-state index contributed by atoms with van der Waals surface area (Å²) >= 11 is 0. The molecule has 31 heteroatoms. The lowest BCUT2D eigenvalue weighted by molar-refractivity contribution is -0.145. The molecule has 0 radical (unpaired) electrons. The number of sulfonamides is 3. The van der Waals surface area contributed by atoms with Crippen LogP contribution in [0, 0.1) is 0 Å². The molecule has 3 N–H and O–H groups in total. The first-order chi connectivity index (χ1) is 27.2. The fourth-order valence-electron chi connectivity index (χ4n) is 4.84. The summed E-state index contributed by atoms with van der Waals surface area (Å²) in [6.45, 7) is -5.70. The van der Waals surface area contributed by atoms with Crippen molar-refractivity contribution in [3.8, 4) is 0 Å². The number of nitrogens with one attached hydrogen (secondary N) is 3. The van der Waals surface area contributed by atoms with Gasteiger partial charge in [0.1, 0.15) is 0 Å². The molecule has 0 fully saturated rings. The molecule has 0 unspecified atom stereocenters. The van der Waals surface area contributed by atoms with Crippen molar-refractivity contribution in [3.05, 3.63) is 88.0 Å². The van der Waals surface area contributed by atoms with E-state index in [-0.39, 0.29) is 36.4 Å². The van der Waals surface area contributed by atoms with E-state index in [4.69, 9.17) is 0 Å². The highest BCUT2D eigenvalue weighted by atomic mass is 32.2. The normalized spacial score (nSPS) is 14.2. The molecule has 3 aromatic rings. The number of halogens is 18. The maximum absolute atomic E-state index is 13.3. The van der Waals surface area contributed by atoms with Crippen molar-refractivity contribution in [2.24, 2.45) is 0 Å². The largest absolute Gasteiger partial charge is 0.416 e. The second kappa shape index (κ2) is 17.7. The number of benzene rings is 3. The Morgan fingerprint density at radius 2 is 0.492 bits per heavy atom. The third-order valence-corrected chi connectivity index (χ3v) is 12.1. The summed E-state index contributed by atoms with van der Waals surface area (Å²) in [5.74, 6) is 0. The van der Waals surface area contributed by atoms with Crippen LogP contribution in [-0.4, -0.2) is 69.4 Å². The summed E-state index contributed by atoms with van der Waals surface area (Å²) in [7, 11) is -15.9. The van der Waals surface area contributed by atoms with Crippen LogP contribution in [-0.2, 0) is 67.1 Å². The van der Waals surface area contributed by atoms with Crippen molar-refractivity contribution in [1.29, 1.82) is 0 Å². The fourth-order valence-corrected chi connectivity index (χ4v) is 8.12. The van der Waals surface area contributed by atoms with Crippen molar-refractivity contribution in [3.63, 3.8) is 0 Å². The van der Waals surface area contributed by atoms with E-state index in [0.717, 1.165) is 4.90 Å². The van der Waals surface area contributed by atoms with Crippen molar-refractivity contribution in [1.82, 2.24) is 19.1 Å². The first-order valence-electron chi connectivity index (χ1n) is 15.8. The van der Waals surface area contributed by atoms with Gasteiger partial charge in [0.2, 0.25) is 30.1 Å². The fraction of sp³-hybridized carbons (Fsp3) is 0.400. The molecule has 0 spiro atoms. The molecule has 0 amide bonds. The molecule has 0 aromatic heterocycles. The Bertz CT molecular complexity index is 2030. The quantitative estimate of drug-likeness (QED) is 0.136. The third-order valence-electron chi connectivity index (χ3n) is 7.77. The molecule has 10 nitrogen and oxygen atoms in total. The SMILES string of the molecule is O=S(=O)(NCCN(CCNS(=O)(=O)c1cc(C(F)(F)F)cc(C(F)(F)F)c1)CCNS(=O)(=O)c1cc(C(F)(F)F)cc(C(F)(F)F)c1)c1cc(C(F)(F)F)cc(C(F)(F)F)c1. The Balaban J connectivity index is 1.92. The first-order valence-corrected chi connectivity index (χ1v) is 20.3. The summed E-state index contributed by atoms with van der Waals surface area (Å²) in [4.78, 5) is -3.97. The van der Waals surface area contributed by atoms with Gasteiger partial charge in [-0.15, -0.1) is 0 Å². The summed E-state index contributed by atoms with van der Waals surface area (Å²) in [6, 6.07) is -2.34. The van der Waals surface area contributed by atoms with Crippen molar-refractivity contribution < 1.29 is 104 Å². The summed E-state index contributed by atoms with van der Waals surface area (Å²) < 4.78 is 321. The van der Waals surface area contributed by atoms with Gasteiger partial charge in [0.05, 0.1) is 48.1 Å². The smallest absolute Gasteiger partial charge is 0.299 e. The Morgan fingerprint density at radius 3 is 0.639 bits per heavy atom. The van der Waals surface area contributed by atoms with Crippen molar-refractivity contribution in [2.45, 2.75) is 51.7 Å². The molecule has 0 bridgehead atoms. The zero-order chi connectivity index (χ0) is 47.0. The van der Waals surface area contributed by atoms with E-state index in [2.05, 4.69) is 0 Å². The van der Waals surface area contributed by atoms with Crippen LogP contribution in [0.15, 0.2) is 69.3 Å². The summed E-state index contributed by atoms with van der Waals surface area (Å²) in [5.41, 5.74) is -12.4. The molecule has 0 atom stereocenters. The van der Waals surface area contributed by atoms with Gasteiger partial charge in [-0.25, -0.2) is 39.4 Å². The molecular weight excluding hydrogens is 951 g/mol. The van der Waals surface area contributed by atoms with E-state index in [9.17, 15) is 104 Å². The highest BCUT2D eigenvalue weighted by Crippen LogP contribution is 2.40. The first kappa shape index (κ1) is 51.4. The molecule has 0 aliphatic carbocycles. The highest BCUT2D eigenvalue weighted by molar-refractivity contribution is 7.90. The van der Waals surface area contributed by atoms with Crippen LogP contribution < -0.4 is 14.2 Å². The topological polar surface area (TPSA) is 142 Å². The Morgan fingerprint density at radius 1 is 0.328 bits per heavy atom. The molecule has 61 heavy (non-hydrogen) atoms. The minimum Gasteiger partial charge on any atom is -0.299 e. The number of nitrogens with zero attached hydrogens (tertiary/aromatic N) is 1. The zero-order valence-electron chi connectivity index (χ0n) is 29.4. The molecule has 344 valence electrons. The average molecular weight is 975 g/mol. The molecule has 3 aromatic carbocycles. The van der Waals surface area contributed by atoms with Crippen molar-refractivity contribution in [2.75, 3.05) is 39.3 Å². The van der Waals surface area contributed by atoms with Crippen LogP contribution in [0.25, 0.3) is 0 Å². The minimum absolute atomic E-state index is 0.186. The van der Waals surface area contributed by atoms with Gasteiger partial charge < -0.3 is 0 Å². The van der Waals surface area contributed by atoms with Gasteiger partial charge >= 0.3 is 37.1 Å². The van der Waals surface area contributed by atoms with Crippen LogP contribution >= 0.6 is 0 Å². The van der Waals surface area contributed by atoms with Crippen LogP contribution in [0.5, 0.6) is 0 Å². The van der Waals surface area contributed by atoms with Gasteiger partial charge in [-0.2, -0.15) is 79.0 Å². The van der Waals surface area contributed by atoms with Crippen molar-refractivity contribution >= 4 is 30.1 Å². The highest BCUT2D eigenvalue weighted by Gasteiger charge is 2.41. The predicted octanol–water partition coefficient (Wildman–Crippen LogP) is 7.34. The van der Waals surface area contributed by atoms with Gasteiger partial charge in [-0.05, 0) is 54.6 Å². The van der Waals surface area contributed by atoms with E-state index >= 15 is 0 Å². The molecular formula is C30H24F18N4O6S3. The van der Waals surface area contributed by atoms with E-state index in [1.54, 1.807) is 14.2 Å². The molecule has 0 heterocycles. The zero-order valence-corrected chi connectivity index (χ0v) is 31.8. The van der Waals surface area contributed by atoms with E-state index < -0.39 is 173 Å². The minimum atomic E-state index is -5.51. The lowest BCUT2D eigenvalue weighted by atomic mass is 10.1. The predicted molar refractivity (Wildman–Crippen MR) is 171 cm³/mol. The van der Waals surface area contributed by atoms with Crippen LogP contribution in [0.3, 0.4) is 0 Å². The Hall–Kier alpha value is -3.91. The molecule has 0 aliphatic heterocycles. The Kier molecular flexibility index (Phi) is 14.9. The van der Waals surface area contributed by atoms with E-state index in [0.29, 0.717) is 0 Å². The van der Waals surface area contributed by atoms with Gasteiger partial charge in [0.15, 0.2) is 0 Å². The molecule has 3 rings (SSSR count). The maximum Gasteiger partial charge on any atom is 0.416 e. The lowest BCUT2D eigenvalue weighted by Crippen LogP contribution is -2.43.